The summed E-state index contributed by atoms with van der Waals surface area (Å²) in [7, 11) is -1.89. The molecule has 9 nitrogen and oxygen atoms in total. The van der Waals surface area contributed by atoms with Crippen LogP contribution in [-0.4, -0.2) is 51.3 Å². The van der Waals surface area contributed by atoms with Gasteiger partial charge in [0.05, 0.1) is 5.60 Å². The normalized spacial score (nSPS) is 35.5. The van der Waals surface area contributed by atoms with Crippen molar-refractivity contribution in [2.75, 3.05) is 13.3 Å². The van der Waals surface area contributed by atoms with Gasteiger partial charge in [-0.15, -0.1) is 4.52 Å². The van der Waals surface area contributed by atoms with Crippen LogP contribution in [-0.2, 0) is 18.6 Å². The number of aromatic amines is 1. The van der Waals surface area contributed by atoms with Crippen molar-refractivity contribution in [3.8, 4) is 0 Å². The Morgan fingerprint density at radius 3 is 2.74 bits per heavy atom. The van der Waals surface area contributed by atoms with E-state index in [1.165, 1.54) is 18.9 Å². The molecule has 2 aliphatic heterocycles. The van der Waals surface area contributed by atoms with E-state index in [0.717, 1.165) is 4.57 Å². The molecule has 2 aliphatic rings. The molecule has 2 N–H and O–H groups in total. The molecule has 0 radical (unpaired) electrons. The molecular weight excluding hydrogens is 327 g/mol. The predicted octanol–water partition coefficient (Wildman–Crippen LogP) is -0.269. The number of rotatable bonds is 4. The van der Waals surface area contributed by atoms with E-state index in [9.17, 15) is 19.3 Å². The Kier molecular flexibility index (Phi) is 3.81. The maximum atomic E-state index is 12.0. The highest BCUT2D eigenvalue weighted by atomic mass is 31.1. The van der Waals surface area contributed by atoms with E-state index in [1.54, 1.807) is 13.8 Å². The summed E-state index contributed by atoms with van der Waals surface area (Å²) in [6, 6.07) is 1.18. The van der Waals surface area contributed by atoms with Gasteiger partial charge in [-0.05, 0) is 18.4 Å². The maximum Gasteiger partial charge on any atom is 0.504 e. The summed E-state index contributed by atoms with van der Waals surface area (Å²) in [5.41, 5.74) is -3.36. The van der Waals surface area contributed by atoms with Crippen LogP contribution >= 0.6 is 8.03 Å². The lowest BCUT2D eigenvalue weighted by Crippen LogP contribution is -2.57. The molecule has 3 heterocycles. The minimum Gasteiger partial charge on any atom is -0.387 e. The highest BCUT2D eigenvalue weighted by Gasteiger charge is 2.71. The fourth-order valence-corrected chi connectivity index (χ4v) is 3.53. The molecule has 2 saturated heterocycles. The van der Waals surface area contributed by atoms with Crippen LogP contribution in [0.4, 0.5) is 0 Å². The Bertz CT molecular complexity index is 757. The van der Waals surface area contributed by atoms with E-state index in [1.807, 2.05) is 0 Å². The summed E-state index contributed by atoms with van der Waals surface area (Å²) >= 11 is 0. The standard InChI is InChI=1S/C13H17N2O7P/c1-12(2)13(6-20-23(3)19)9(17)8(21-12)10(22-13)15-5-4-7(16)14-11(15)18/h4-5,8-10,17H,6H2,1-3H3/p+1/t8-,9+,10-,13-/m1/s1. The number of aliphatic hydroxyl groups is 1. The lowest BCUT2D eigenvalue weighted by Gasteiger charge is -2.41. The molecule has 1 aromatic heterocycles. The van der Waals surface area contributed by atoms with Gasteiger partial charge in [-0.2, -0.15) is 0 Å². The molecule has 3 rings (SSSR count). The zero-order valence-corrected chi connectivity index (χ0v) is 13.8. The third kappa shape index (κ3) is 2.40. The van der Waals surface area contributed by atoms with E-state index >= 15 is 0 Å². The average molecular weight is 345 g/mol. The molecule has 0 aromatic carbocycles. The zero-order valence-electron chi connectivity index (χ0n) is 12.9. The molecule has 0 aliphatic carbocycles. The van der Waals surface area contributed by atoms with Gasteiger partial charge in [0.1, 0.15) is 18.8 Å². The highest BCUT2D eigenvalue weighted by molar-refractivity contribution is 7.38. The fourth-order valence-electron chi connectivity index (χ4n) is 3.16. The first kappa shape index (κ1) is 16.5. The van der Waals surface area contributed by atoms with Crippen molar-refractivity contribution in [1.82, 2.24) is 9.55 Å². The summed E-state index contributed by atoms with van der Waals surface area (Å²) in [5, 5.41) is 10.6. The van der Waals surface area contributed by atoms with E-state index < -0.39 is 48.9 Å². The van der Waals surface area contributed by atoms with Crippen LogP contribution < -0.4 is 11.2 Å². The van der Waals surface area contributed by atoms with Crippen LogP contribution in [0.1, 0.15) is 20.1 Å². The van der Waals surface area contributed by atoms with Crippen molar-refractivity contribution in [1.29, 1.82) is 0 Å². The quantitative estimate of drug-likeness (QED) is 0.721. The number of H-pyrrole nitrogens is 1. The topological polar surface area (TPSA) is 120 Å². The second kappa shape index (κ2) is 5.32. The molecule has 23 heavy (non-hydrogen) atoms. The van der Waals surface area contributed by atoms with Crippen LogP contribution in [0.15, 0.2) is 21.9 Å². The third-order valence-electron chi connectivity index (χ3n) is 4.44. The lowest BCUT2D eigenvalue weighted by molar-refractivity contribution is -0.256. The number of ether oxygens (including phenoxy) is 2. The highest BCUT2D eigenvalue weighted by Crippen LogP contribution is 2.54. The number of aromatic nitrogens is 2. The molecule has 0 saturated carbocycles. The third-order valence-corrected chi connectivity index (χ3v) is 4.93. The Morgan fingerprint density at radius 2 is 2.13 bits per heavy atom. The number of nitrogens with one attached hydrogen (secondary N) is 1. The van der Waals surface area contributed by atoms with Crippen molar-refractivity contribution in [2.24, 2.45) is 0 Å². The predicted molar refractivity (Wildman–Crippen MR) is 78.6 cm³/mol. The number of aliphatic hydroxyl groups excluding tert-OH is 1. The van der Waals surface area contributed by atoms with Crippen LogP contribution in [0.5, 0.6) is 0 Å². The van der Waals surface area contributed by atoms with E-state index in [2.05, 4.69) is 4.98 Å². The molecule has 126 valence electrons. The van der Waals surface area contributed by atoms with Crippen LogP contribution in [0.25, 0.3) is 0 Å². The van der Waals surface area contributed by atoms with E-state index in [-0.39, 0.29) is 6.61 Å². The summed E-state index contributed by atoms with van der Waals surface area (Å²) in [4.78, 5) is 25.3. The lowest BCUT2D eigenvalue weighted by atomic mass is 9.84. The van der Waals surface area contributed by atoms with Gasteiger partial charge < -0.3 is 14.6 Å². The largest absolute Gasteiger partial charge is 0.504 e. The van der Waals surface area contributed by atoms with Crippen LogP contribution in [0, 0.1) is 0 Å². The van der Waals surface area contributed by atoms with Gasteiger partial charge >= 0.3 is 13.7 Å². The van der Waals surface area contributed by atoms with Gasteiger partial charge in [-0.25, -0.2) is 4.79 Å². The first-order chi connectivity index (χ1) is 10.7. The summed E-state index contributed by atoms with van der Waals surface area (Å²) in [6.07, 6.45) is -1.52. The smallest absolute Gasteiger partial charge is 0.387 e. The molecule has 0 spiro atoms. The Labute approximate surface area is 132 Å². The summed E-state index contributed by atoms with van der Waals surface area (Å²) in [6.45, 7) is 4.72. The molecule has 5 atom stereocenters. The van der Waals surface area contributed by atoms with Crippen LogP contribution in [0.3, 0.4) is 0 Å². The summed E-state index contributed by atoms with van der Waals surface area (Å²) < 4.78 is 29.4. The molecule has 1 unspecified atom stereocenters. The van der Waals surface area contributed by atoms with Crippen LogP contribution in [0.2, 0.25) is 0 Å². The van der Waals surface area contributed by atoms with Gasteiger partial charge in [-0.1, -0.05) is 0 Å². The molecule has 2 fully saturated rings. The molecule has 2 bridgehead atoms. The van der Waals surface area contributed by atoms with Crippen molar-refractivity contribution in [3.63, 3.8) is 0 Å². The monoisotopic (exact) mass is 345 g/mol. The van der Waals surface area contributed by atoms with E-state index in [0.29, 0.717) is 0 Å². The van der Waals surface area contributed by atoms with Gasteiger partial charge in [0, 0.05) is 12.3 Å². The number of hydrogen-bond acceptors (Lipinski definition) is 7. The van der Waals surface area contributed by atoms with Crippen molar-refractivity contribution in [2.45, 2.75) is 43.5 Å². The maximum absolute atomic E-state index is 12.0. The second-order valence-corrected chi connectivity index (χ2v) is 7.30. The van der Waals surface area contributed by atoms with E-state index in [4.69, 9.17) is 14.0 Å². The molecular formula is C13H18N2O7P+. The molecule has 0 amide bonds. The minimum absolute atomic E-state index is 0.141. The SMILES string of the molecule is C[P+](=O)OC[C@]12O[C@@H](n3ccc(=O)[nH]c3=O)[C@H](OC1(C)C)[C@@H]2O. The van der Waals surface area contributed by atoms with Crippen molar-refractivity contribution < 1.29 is 23.7 Å². The van der Waals surface area contributed by atoms with Gasteiger partial charge in [0.15, 0.2) is 18.5 Å². The Morgan fingerprint density at radius 1 is 1.43 bits per heavy atom. The first-order valence-electron chi connectivity index (χ1n) is 7.07. The van der Waals surface area contributed by atoms with Gasteiger partial charge in [0.2, 0.25) is 0 Å². The van der Waals surface area contributed by atoms with Crippen molar-refractivity contribution in [3.05, 3.63) is 33.1 Å². The first-order valence-corrected chi connectivity index (χ1v) is 8.69. The van der Waals surface area contributed by atoms with Gasteiger partial charge in [0.25, 0.3) is 5.56 Å². The number of hydrogen-bond donors (Lipinski definition) is 2. The Hall–Kier alpha value is -1.38. The Balaban J connectivity index is 1.98. The van der Waals surface area contributed by atoms with Gasteiger partial charge in [-0.3, -0.25) is 14.3 Å². The molecule has 1 aromatic rings. The fraction of sp³-hybridized carbons (Fsp3) is 0.692. The average Bonchev–Trinajstić information content (AvgIpc) is 2.81. The van der Waals surface area contributed by atoms with Crippen molar-refractivity contribution >= 4 is 8.03 Å². The number of nitrogens with zero attached hydrogens (tertiary/aromatic N) is 1. The zero-order chi connectivity index (χ0) is 17.0. The minimum atomic E-state index is -1.89. The molecule has 10 heteroatoms. The number of fused-ring (bicyclic) bond motifs is 2. The second-order valence-electron chi connectivity index (χ2n) is 6.17. The summed E-state index contributed by atoms with van der Waals surface area (Å²) in [5.74, 6) is 0.